The molecule has 0 aromatic carbocycles. The van der Waals surface area contributed by atoms with Crippen LogP contribution in [0.15, 0.2) is 0 Å². The van der Waals surface area contributed by atoms with Crippen LogP contribution in [0.4, 0.5) is 0 Å². The Kier molecular flexibility index (Phi) is 13.0. The van der Waals surface area contributed by atoms with E-state index in [2.05, 4.69) is 83.1 Å². The van der Waals surface area contributed by atoms with Gasteiger partial charge >= 0.3 is 33.3 Å². The van der Waals surface area contributed by atoms with Crippen LogP contribution in [-0.4, -0.2) is 32.9 Å². The van der Waals surface area contributed by atoms with E-state index in [1.165, 1.54) is 18.7 Å². The SMILES string of the molecule is CC(C)(C)[PH+](CCC[PH+](C(C)(C)C)C(C)(C)C)C(C)(C)C.[Cl][Fe][Cl]. The van der Waals surface area contributed by atoms with Gasteiger partial charge in [-0.2, -0.15) is 0 Å². The second-order valence-corrected chi connectivity index (χ2v) is 21.6. The van der Waals surface area contributed by atoms with Crippen LogP contribution in [0.5, 0.6) is 0 Å². The van der Waals surface area contributed by atoms with Crippen molar-refractivity contribution in [2.45, 2.75) is 110 Å². The van der Waals surface area contributed by atoms with Crippen LogP contribution in [-0.2, 0) is 13.1 Å². The fraction of sp³-hybridized carbons (Fsp3) is 1.00. The number of hydrogen-bond acceptors (Lipinski definition) is 0. The van der Waals surface area contributed by atoms with E-state index in [4.69, 9.17) is 20.2 Å². The molecule has 0 aliphatic carbocycles. The van der Waals surface area contributed by atoms with E-state index in [9.17, 15) is 0 Å². The molecule has 0 nitrogen and oxygen atoms in total. The topological polar surface area (TPSA) is 0 Å². The standard InChI is InChI=1S/C19H42P2.2ClH.Fe/c1-16(2,3)20(17(4,5)6)14-13-15-21(18(7,8)9)19(10,11)12;;;/h13-15H2,1-12H3;2*1H;/q;;;+2. The van der Waals surface area contributed by atoms with Crippen LogP contribution in [0.25, 0.3) is 0 Å². The van der Waals surface area contributed by atoms with Gasteiger partial charge in [-0.15, -0.1) is 0 Å². The molecule has 0 saturated heterocycles. The molecule has 0 amide bonds. The first kappa shape index (κ1) is 28.2. The van der Waals surface area contributed by atoms with Crippen LogP contribution in [0.3, 0.4) is 0 Å². The normalized spacial score (nSPS) is 14.2. The van der Waals surface area contributed by atoms with Crippen molar-refractivity contribution in [3.63, 3.8) is 0 Å². The van der Waals surface area contributed by atoms with Crippen molar-refractivity contribution >= 4 is 36.0 Å². The Bertz CT molecular complexity index is 273. The third-order valence-electron chi connectivity index (χ3n) is 4.47. The minimum absolute atomic E-state index is 0.194. The van der Waals surface area contributed by atoms with E-state index in [1.807, 2.05) is 0 Å². The zero-order valence-electron chi connectivity index (χ0n) is 18.2. The van der Waals surface area contributed by atoms with Crippen molar-refractivity contribution in [3.05, 3.63) is 0 Å². The maximum atomic E-state index is 4.76. The Morgan fingerprint density at radius 3 is 0.833 bits per heavy atom. The average Bonchev–Trinajstić information content (AvgIpc) is 2.21. The van der Waals surface area contributed by atoms with E-state index in [1.54, 1.807) is 0 Å². The van der Waals surface area contributed by atoms with Gasteiger partial charge in [-0.1, -0.05) is 0 Å². The first-order valence-electron chi connectivity index (χ1n) is 8.97. The van der Waals surface area contributed by atoms with E-state index < -0.39 is 0 Å². The predicted octanol–water partition coefficient (Wildman–Crippen LogP) is 8.38. The Hall–Kier alpha value is 1.96. The quantitative estimate of drug-likeness (QED) is 0.292. The molecule has 0 aliphatic rings. The summed E-state index contributed by atoms with van der Waals surface area (Å²) in [4.78, 5) is 0. The summed E-state index contributed by atoms with van der Waals surface area (Å²) in [7, 11) is 8.84. The molecule has 5 heteroatoms. The number of halogens is 2. The van der Waals surface area contributed by atoms with Crippen molar-refractivity contribution in [2.75, 3.05) is 12.3 Å². The summed E-state index contributed by atoms with van der Waals surface area (Å²) >= 11 is 0.194. The average molecular weight is 461 g/mol. The summed E-state index contributed by atoms with van der Waals surface area (Å²) in [5, 5.41) is 2.05. The number of hydrogen-bond donors (Lipinski definition) is 0. The van der Waals surface area contributed by atoms with Crippen molar-refractivity contribution in [1.82, 2.24) is 0 Å². The van der Waals surface area contributed by atoms with Gasteiger partial charge in [0.25, 0.3) is 0 Å². The first-order chi connectivity index (χ1) is 10.4. The summed E-state index contributed by atoms with van der Waals surface area (Å²) in [6.45, 7) is 29.6. The van der Waals surface area contributed by atoms with Gasteiger partial charge in [0.05, 0.1) is 32.9 Å². The van der Waals surface area contributed by atoms with Crippen LogP contribution in [0.1, 0.15) is 89.5 Å². The van der Waals surface area contributed by atoms with E-state index in [0.29, 0.717) is 20.6 Å². The fourth-order valence-electron chi connectivity index (χ4n) is 4.19. The predicted molar refractivity (Wildman–Crippen MR) is 122 cm³/mol. The van der Waals surface area contributed by atoms with Crippen LogP contribution < -0.4 is 0 Å². The second kappa shape index (κ2) is 11.1. The van der Waals surface area contributed by atoms with Crippen LogP contribution in [0.2, 0.25) is 0 Å². The summed E-state index contributed by atoms with van der Waals surface area (Å²) in [6, 6.07) is 0. The van der Waals surface area contributed by atoms with Crippen molar-refractivity contribution < 1.29 is 13.1 Å². The molecule has 24 heavy (non-hydrogen) atoms. The molecular formula is C19H44Cl2FeP2+2. The fourth-order valence-corrected chi connectivity index (χ4v) is 13.1. The van der Waals surface area contributed by atoms with E-state index in [-0.39, 0.29) is 29.0 Å². The summed E-state index contributed by atoms with van der Waals surface area (Å²) < 4.78 is 0. The summed E-state index contributed by atoms with van der Waals surface area (Å²) in [5.74, 6) is 0. The molecule has 0 heterocycles. The monoisotopic (exact) mass is 460 g/mol. The second-order valence-electron chi connectivity index (χ2n) is 10.9. The molecule has 0 unspecified atom stereocenters. The molecule has 0 saturated carbocycles. The minimum atomic E-state index is -0.345. The molecular weight excluding hydrogens is 417 g/mol. The molecule has 0 bridgehead atoms. The van der Waals surface area contributed by atoms with Gasteiger partial charge in [0.15, 0.2) is 0 Å². The van der Waals surface area contributed by atoms with Crippen molar-refractivity contribution in [3.8, 4) is 0 Å². The van der Waals surface area contributed by atoms with Gasteiger partial charge in [0.1, 0.15) is 0 Å². The first-order valence-corrected chi connectivity index (χ1v) is 15.4. The van der Waals surface area contributed by atoms with E-state index in [0.717, 1.165) is 0 Å². The van der Waals surface area contributed by atoms with Gasteiger partial charge in [0, 0.05) is 22.3 Å². The third-order valence-corrected chi connectivity index (χ3v) is 13.4. The molecule has 0 aliphatic heterocycles. The third kappa shape index (κ3) is 12.4. The molecule has 0 rings (SSSR count). The Balaban J connectivity index is 0. The Morgan fingerprint density at radius 2 is 0.708 bits per heavy atom. The molecule has 0 fully saturated rings. The van der Waals surface area contributed by atoms with Gasteiger partial charge in [-0.3, -0.25) is 0 Å². The Morgan fingerprint density at radius 1 is 0.542 bits per heavy atom. The summed E-state index contributed by atoms with van der Waals surface area (Å²) in [6.07, 6.45) is 4.42. The van der Waals surface area contributed by atoms with Gasteiger partial charge < -0.3 is 0 Å². The van der Waals surface area contributed by atoms with Crippen molar-refractivity contribution in [2.24, 2.45) is 0 Å². The molecule has 0 aromatic heterocycles. The molecule has 0 aromatic rings. The van der Waals surface area contributed by atoms with E-state index >= 15 is 0 Å². The van der Waals surface area contributed by atoms with Crippen LogP contribution in [0, 0.1) is 0 Å². The zero-order valence-corrected chi connectivity index (χ0v) is 22.8. The van der Waals surface area contributed by atoms with Crippen LogP contribution >= 0.6 is 36.0 Å². The molecule has 0 atom stereocenters. The molecule has 0 spiro atoms. The van der Waals surface area contributed by atoms with Crippen molar-refractivity contribution in [1.29, 1.82) is 0 Å². The van der Waals surface area contributed by atoms with Gasteiger partial charge in [0.2, 0.25) is 0 Å². The molecule has 0 N–H and O–H groups in total. The Labute approximate surface area is 171 Å². The molecule has 150 valence electrons. The molecule has 0 radical (unpaired) electrons. The number of rotatable bonds is 4. The maximum absolute atomic E-state index is 4.76. The van der Waals surface area contributed by atoms with Gasteiger partial charge in [-0.05, 0) is 83.1 Å². The van der Waals surface area contributed by atoms with Gasteiger partial charge in [-0.25, -0.2) is 0 Å². The summed E-state index contributed by atoms with van der Waals surface area (Å²) in [5.41, 5.74) is 0. The zero-order chi connectivity index (χ0) is 20.0.